The summed E-state index contributed by atoms with van der Waals surface area (Å²) < 4.78 is 11.8. The summed E-state index contributed by atoms with van der Waals surface area (Å²) in [5.41, 5.74) is 3.94. The number of fused-ring (bicyclic) bond motifs is 1. The number of nitriles is 1. The molecule has 0 unspecified atom stereocenters. The minimum Gasteiger partial charge on any atom is -0.438 e. The topological polar surface area (TPSA) is 71.3 Å². The van der Waals surface area contributed by atoms with E-state index in [-0.39, 0.29) is 0 Å². The zero-order valence-electron chi connectivity index (χ0n) is 18.7. The van der Waals surface area contributed by atoms with Gasteiger partial charge in [-0.05, 0) is 54.8 Å². The Kier molecular flexibility index (Phi) is 6.05. The van der Waals surface area contributed by atoms with Crippen LogP contribution in [0.2, 0.25) is 0 Å². The van der Waals surface area contributed by atoms with Gasteiger partial charge in [0.25, 0.3) is 0 Å². The normalized spacial score (nSPS) is 14.3. The van der Waals surface area contributed by atoms with Crippen molar-refractivity contribution in [2.45, 2.75) is 20.4 Å². The molecule has 4 aromatic rings. The molecule has 0 radical (unpaired) electrons. The van der Waals surface area contributed by atoms with Crippen LogP contribution in [-0.2, 0) is 11.3 Å². The quantitative estimate of drug-likeness (QED) is 0.396. The zero-order chi connectivity index (χ0) is 22.8. The molecule has 2 aromatic carbocycles. The SMILES string of the molecule is Cc1sc2nc(CN3CCOCC3)nc(Oc3ccc(-c4ccc(C#N)cc4)cc3)c2c1C. The number of nitrogens with zero attached hydrogens (tertiary/aromatic N) is 4. The van der Waals surface area contributed by atoms with Crippen molar-refractivity contribution < 1.29 is 9.47 Å². The average Bonchev–Trinajstić information content (AvgIpc) is 3.13. The summed E-state index contributed by atoms with van der Waals surface area (Å²) in [6.45, 7) is 8.15. The summed E-state index contributed by atoms with van der Waals surface area (Å²) in [6.07, 6.45) is 0. The lowest BCUT2D eigenvalue weighted by Crippen LogP contribution is -2.36. The molecule has 1 aliphatic heterocycles. The van der Waals surface area contributed by atoms with Crippen LogP contribution in [0.15, 0.2) is 48.5 Å². The van der Waals surface area contributed by atoms with E-state index in [0.717, 1.165) is 64.8 Å². The first-order valence-electron chi connectivity index (χ1n) is 11.0. The second-order valence-electron chi connectivity index (χ2n) is 8.11. The fourth-order valence-corrected chi connectivity index (χ4v) is 4.96. The third-order valence-corrected chi connectivity index (χ3v) is 7.03. The largest absolute Gasteiger partial charge is 0.438 e. The molecule has 1 saturated heterocycles. The highest BCUT2D eigenvalue weighted by atomic mass is 32.1. The van der Waals surface area contributed by atoms with Gasteiger partial charge in [0.2, 0.25) is 5.88 Å². The van der Waals surface area contributed by atoms with Crippen molar-refractivity contribution in [1.82, 2.24) is 14.9 Å². The van der Waals surface area contributed by atoms with Crippen LogP contribution < -0.4 is 4.74 Å². The Bertz CT molecular complexity index is 1320. The average molecular weight is 457 g/mol. The molecule has 0 spiro atoms. The number of ether oxygens (including phenoxy) is 2. The van der Waals surface area contributed by atoms with Gasteiger partial charge >= 0.3 is 0 Å². The van der Waals surface area contributed by atoms with E-state index < -0.39 is 0 Å². The number of benzene rings is 2. The molecular formula is C26H24N4O2S. The summed E-state index contributed by atoms with van der Waals surface area (Å²) in [5.74, 6) is 2.11. The third kappa shape index (κ3) is 4.60. The predicted octanol–water partition coefficient (Wildman–Crippen LogP) is 5.47. The van der Waals surface area contributed by atoms with Crippen molar-refractivity contribution in [3.05, 3.63) is 70.4 Å². The fraction of sp³-hybridized carbons (Fsp3) is 0.269. The van der Waals surface area contributed by atoms with Crippen LogP contribution in [-0.4, -0.2) is 41.2 Å². The summed E-state index contributed by atoms with van der Waals surface area (Å²) in [7, 11) is 0. The Morgan fingerprint density at radius 3 is 2.33 bits per heavy atom. The summed E-state index contributed by atoms with van der Waals surface area (Å²) in [5, 5.41) is 9.98. The van der Waals surface area contributed by atoms with Crippen LogP contribution in [0.3, 0.4) is 0 Å². The number of rotatable bonds is 5. The minimum atomic E-state index is 0.608. The molecule has 33 heavy (non-hydrogen) atoms. The minimum absolute atomic E-state index is 0.608. The molecule has 0 N–H and O–H groups in total. The summed E-state index contributed by atoms with van der Waals surface area (Å²) in [6, 6.07) is 17.7. The first kappa shape index (κ1) is 21.5. The van der Waals surface area contributed by atoms with Gasteiger partial charge in [-0.3, -0.25) is 4.90 Å². The van der Waals surface area contributed by atoms with Crippen LogP contribution in [0.5, 0.6) is 11.6 Å². The standard InChI is InChI=1S/C26H24N4O2S/c1-17-18(2)33-26-24(17)25(28-23(29-26)16-30-11-13-31-14-12-30)32-22-9-7-21(8-10-22)20-5-3-19(15-27)4-6-20/h3-10H,11-14,16H2,1-2H3. The van der Waals surface area contributed by atoms with E-state index in [1.54, 1.807) is 11.3 Å². The van der Waals surface area contributed by atoms with Crippen LogP contribution in [0, 0.1) is 25.2 Å². The maximum atomic E-state index is 9.00. The maximum Gasteiger partial charge on any atom is 0.231 e. The molecule has 1 aliphatic rings. The van der Waals surface area contributed by atoms with Crippen molar-refractivity contribution in [3.63, 3.8) is 0 Å². The zero-order valence-corrected chi connectivity index (χ0v) is 19.5. The van der Waals surface area contributed by atoms with Gasteiger partial charge in [0, 0.05) is 18.0 Å². The van der Waals surface area contributed by atoms with Crippen LogP contribution >= 0.6 is 11.3 Å². The van der Waals surface area contributed by atoms with E-state index in [9.17, 15) is 0 Å². The van der Waals surface area contributed by atoms with Crippen molar-refractivity contribution >= 4 is 21.6 Å². The number of aromatic nitrogens is 2. The molecule has 0 atom stereocenters. The fourth-order valence-electron chi connectivity index (χ4n) is 3.92. The number of thiophene rings is 1. The molecule has 2 aromatic heterocycles. The van der Waals surface area contributed by atoms with Gasteiger partial charge in [-0.25, -0.2) is 4.98 Å². The van der Waals surface area contributed by atoms with E-state index in [2.05, 4.69) is 24.8 Å². The second kappa shape index (κ2) is 9.28. The van der Waals surface area contributed by atoms with Crippen molar-refractivity contribution in [1.29, 1.82) is 5.26 Å². The number of hydrogen-bond acceptors (Lipinski definition) is 7. The molecule has 0 amide bonds. The Morgan fingerprint density at radius 1 is 1.00 bits per heavy atom. The Hall–Kier alpha value is -3.31. The molecular weight excluding hydrogens is 432 g/mol. The van der Waals surface area contributed by atoms with Gasteiger partial charge in [-0.15, -0.1) is 11.3 Å². The number of aryl methyl sites for hydroxylation is 2. The van der Waals surface area contributed by atoms with E-state index in [0.29, 0.717) is 18.0 Å². The van der Waals surface area contributed by atoms with Crippen molar-refractivity contribution in [3.8, 4) is 28.8 Å². The molecule has 5 rings (SSSR count). The van der Waals surface area contributed by atoms with Gasteiger partial charge in [-0.1, -0.05) is 24.3 Å². The molecule has 7 heteroatoms. The highest BCUT2D eigenvalue weighted by Gasteiger charge is 2.19. The van der Waals surface area contributed by atoms with Gasteiger partial charge < -0.3 is 9.47 Å². The predicted molar refractivity (Wildman–Crippen MR) is 130 cm³/mol. The molecule has 0 aliphatic carbocycles. The highest BCUT2D eigenvalue weighted by molar-refractivity contribution is 7.18. The Labute approximate surface area is 197 Å². The molecule has 1 fully saturated rings. The first-order chi connectivity index (χ1) is 16.1. The van der Waals surface area contributed by atoms with Crippen LogP contribution in [0.25, 0.3) is 21.3 Å². The highest BCUT2D eigenvalue weighted by Crippen LogP contribution is 2.37. The lowest BCUT2D eigenvalue weighted by atomic mass is 10.0. The first-order valence-corrected chi connectivity index (χ1v) is 11.8. The van der Waals surface area contributed by atoms with Gasteiger partial charge in [0.1, 0.15) is 16.4 Å². The van der Waals surface area contributed by atoms with E-state index in [4.69, 9.17) is 24.7 Å². The molecule has 166 valence electrons. The lowest BCUT2D eigenvalue weighted by Gasteiger charge is -2.25. The summed E-state index contributed by atoms with van der Waals surface area (Å²) >= 11 is 1.69. The maximum absolute atomic E-state index is 9.00. The van der Waals surface area contributed by atoms with Crippen molar-refractivity contribution in [2.75, 3.05) is 26.3 Å². The number of morpholine rings is 1. The smallest absolute Gasteiger partial charge is 0.231 e. The molecule has 6 nitrogen and oxygen atoms in total. The molecule has 0 bridgehead atoms. The Morgan fingerprint density at radius 2 is 1.67 bits per heavy atom. The number of hydrogen-bond donors (Lipinski definition) is 0. The van der Waals surface area contributed by atoms with E-state index in [1.165, 1.54) is 4.88 Å². The third-order valence-electron chi connectivity index (χ3n) is 5.93. The molecule has 3 heterocycles. The molecule has 0 saturated carbocycles. The van der Waals surface area contributed by atoms with E-state index in [1.807, 2.05) is 48.5 Å². The van der Waals surface area contributed by atoms with Gasteiger partial charge in [0.05, 0.1) is 36.8 Å². The van der Waals surface area contributed by atoms with Gasteiger partial charge in [-0.2, -0.15) is 10.2 Å². The van der Waals surface area contributed by atoms with Gasteiger partial charge in [0.15, 0.2) is 0 Å². The van der Waals surface area contributed by atoms with Crippen LogP contribution in [0.1, 0.15) is 21.8 Å². The van der Waals surface area contributed by atoms with E-state index >= 15 is 0 Å². The second-order valence-corrected chi connectivity index (χ2v) is 9.32. The van der Waals surface area contributed by atoms with Crippen LogP contribution in [0.4, 0.5) is 0 Å². The lowest BCUT2D eigenvalue weighted by molar-refractivity contribution is 0.0330. The monoisotopic (exact) mass is 456 g/mol. The Balaban J connectivity index is 1.43. The van der Waals surface area contributed by atoms with Crippen molar-refractivity contribution in [2.24, 2.45) is 0 Å². The summed E-state index contributed by atoms with van der Waals surface area (Å²) in [4.78, 5) is 14.2.